The van der Waals surface area contributed by atoms with E-state index in [4.69, 9.17) is 5.73 Å². The largest absolute Gasteiger partial charge is 0.370 e. The fourth-order valence-corrected chi connectivity index (χ4v) is 3.50. The van der Waals surface area contributed by atoms with Gasteiger partial charge in [-0.2, -0.15) is 4.98 Å². The van der Waals surface area contributed by atoms with Crippen LogP contribution in [0.2, 0.25) is 0 Å². The van der Waals surface area contributed by atoms with E-state index in [2.05, 4.69) is 25.9 Å². The maximum Gasteiger partial charge on any atom is 0.254 e. The van der Waals surface area contributed by atoms with Gasteiger partial charge in [-0.1, -0.05) is 6.07 Å². The van der Waals surface area contributed by atoms with Crippen LogP contribution in [0.25, 0.3) is 0 Å². The Bertz CT molecular complexity index is 923. The lowest BCUT2D eigenvalue weighted by atomic mass is 10.1. The Kier molecular flexibility index (Phi) is 6.08. The van der Waals surface area contributed by atoms with Gasteiger partial charge in [-0.05, 0) is 37.0 Å². The van der Waals surface area contributed by atoms with E-state index in [1.54, 1.807) is 0 Å². The third-order valence-corrected chi connectivity index (χ3v) is 5.27. The maximum atomic E-state index is 12.7. The van der Waals surface area contributed by atoms with E-state index in [1.807, 2.05) is 35.4 Å². The summed E-state index contributed by atoms with van der Waals surface area (Å²) in [4.78, 5) is 34.7. The number of benzene rings is 1. The normalized spacial score (nSPS) is 16.2. The fourth-order valence-electron chi connectivity index (χ4n) is 3.50. The van der Waals surface area contributed by atoms with Gasteiger partial charge in [-0.25, -0.2) is 4.98 Å². The van der Waals surface area contributed by atoms with Crippen molar-refractivity contribution >= 4 is 29.3 Å². The predicted octanol–water partition coefficient (Wildman–Crippen LogP) is 1.43. The number of nitrogens with zero attached hydrogens (tertiary/aromatic N) is 3. The number of carbonyl (C=O) groups is 2. The SMILES string of the molecule is NC(=O)CCNc1nc(Nc2cccc(C(=O)N3CCNCC3)c2)ncc1C1CC1. The predicted molar refractivity (Wildman–Crippen MR) is 115 cm³/mol. The molecular weight excluding hydrogens is 382 g/mol. The van der Waals surface area contributed by atoms with Gasteiger partial charge < -0.3 is 26.6 Å². The molecule has 0 atom stereocenters. The summed E-state index contributed by atoms with van der Waals surface area (Å²) in [5.74, 6) is 1.31. The van der Waals surface area contributed by atoms with Crippen molar-refractivity contribution in [1.29, 1.82) is 0 Å². The quantitative estimate of drug-likeness (QED) is 0.520. The highest BCUT2D eigenvalue weighted by Crippen LogP contribution is 2.42. The van der Waals surface area contributed by atoms with Gasteiger partial charge in [0.25, 0.3) is 5.91 Å². The minimum absolute atomic E-state index is 0.0268. The summed E-state index contributed by atoms with van der Waals surface area (Å²) in [6.45, 7) is 3.48. The van der Waals surface area contributed by atoms with E-state index in [-0.39, 0.29) is 18.2 Å². The summed E-state index contributed by atoms with van der Waals surface area (Å²) in [7, 11) is 0. The van der Waals surface area contributed by atoms with Gasteiger partial charge in [0.1, 0.15) is 5.82 Å². The average molecular weight is 409 g/mol. The topological polar surface area (TPSA) is 125 Å². The molecule has 2 heterocycles. The Balaban J connectivity index is 1.48. The Morgan fingerprint density at radius 3 is 2.77 bits per heavy atom. The van der Waals surface area contributed by atoms with E-state index in [9.17, 15) is 9.59 Å². The van der Waals surface area contributed by atoms with Crippen molar-refractivity contribution in [1.82, 2.24) is 20.2 Å². The molecule has 30 heavy (non-hydrogen) atoms. The molecule has 1 saturated heterocycles. The zero-order valence-corrected chi connectivity index (χ0v) is 16.9. The van der Waals surface area contributed by atoms with E-state index in [0.29, 0.717) is 37.1 Å². The zero-order valence-electron chi connectivity index (χ0n) is 16.9. The Labute approximate surface area is 175 Å². The summed E-state index contributed by atoms with van der Waals surface area (Å²) in [6.07, 6.45) is 4.32. The van der Waals surface area contributed by atoms with Crippen LogP contribution < -0.4 is 21.7 Å². The summed E-state index contributed by atoms with van der Waals surface area (Å²) >= 11 is 0. The third-order valence-electron chi connectivity index (χ3n) is 5.27. The van der Waals surface area contributed by atoms with Crippen LogP contribution in [0.4, 0.5) is 17.5 Å². The lowest BCUT2D eigenvalue weighted by Gasteiger charge is -2.27. The molecule has 1 aliphatic carbocycles. The van der Waals surface area contributed by atoms with Crippen LogP contribution in [0.3, 0.4) is 0 Å². The van der Waals surface area contributed by atoms with Gasteiger partial charge >= 0.3 is 0 Å². The highest BCUT2D eigenvalue weighted by atomic mass is 16.2. The smallest absolute Gasteiger partial charge is 0.254 e. The number of amides is 2. The first-order valence-electron chi connectivity index (χ1n) is 10.4. The van der Waals surface area contributed by atoms with Crippen LogP contribution in [0.5, 0.6) is 0 Å². The first kappa shape index (κ1) is 20.1. The average Bonchev–Trinajstić information content (AvgIpc) is 3.59. The molecule has 1 saturated carbocycles. The molecule has 0 radical (unpaired) electrons. The number of nitrogens with two attached hydrogens (primary N) is 1. The summed E-state index contributed by atoms with van der Waals surface area (Å²) in [6, 6.07) is 7.38. The number of hydrogen-bond acceptors (Lipinski definition) is 7. The van der Waals surface area contributed by atoms with Gasteiger partial charge in [0.2, 0.25) is 11.9 Å². The molecule has 2 amide bonds. The van der Waals surface area contributed by atoms with Crippen molar-refractivity contribution in [2.45, 2.75) is 25.2 Å². The number of anilines is 3. The highest BCUT2D eigenvalue weighted by Gasteiger charge is 2.27. The van der Waals surface area contributed by atoms with Crippen LogP contribution in [-0.2, 0) is 4.79 Å². The second-order valence-corrected chi connectivity index (χ2v) is 7.66. The number of primary amides is 1. The molecule has 2 aliphatic rings. The van der Waals surface area contributed by atoms with Crippen molar-refractivity contribution < 1.29 is 9.59 Å². The van der Waals surface area contributed by atoms with Gasteiger partial charge in [0, 0.05) is 62.2 Å². The van der Waals surface area contributed by atoms with Crippen LogP contribution >= 0.6 is 0 Å². The Morgan fingerprint density at radius 2 is 2.03 bits per heavy atom. The number of nitrogens with one attached hydrogen (secondary N) is 3. The molecule has 4 rings (SSSR count). The fraction of sp³-hybridized carbons (Fsp3) is 0.429. The number of hydrogen-bond donors (Lipinski definition) is 4. The molecule has 0 bridgehead atoms. The molecule has 9 nitrogen and oxygen atoms in total. The van der Waals surface area contributed by atoms with E-state index >= 15 is 0 Å². The number of rotatable bonds is 8. The summed E-state index contributed by atoms with van der Waals surface area (Å²) in [5.41, 5.74) is 7.68. The first-order chi connectivity index (χ1) is 14.6. The molecule has 0 unspecified atom stereocenters. The number of piperazine rings is 1. The second kappa shape index (κ2) is 9.08. The summed E-state index contributed by atoms with van der Waals surface area (Å²) < 4.78 is 0. The maximum absolute atomic E-state index is 12.7. The second-order valence-electron chi connectivity index (χ2n) is 7.66. The Morgan fingerprint density at radius 1 is 1.23 bits per heavy atom. The molecule has 2 aromatic rings. The zero-order chi connectivity index (χ0) is 20.9. The van der Waals surface area contributed by atoms with Crippen molar-refractivity contribution in [3.8, 4) is 0 Å². The Hall–Kier alpha value is -3.20. The number of aromatic nitrogens is 2. The molecule has 2 fully saturated rings. The molecule has 1 aliphatic heterocycles. The van der Waals surface area contributed by atoms with Crippen molar-refractivity contribution in [3.05, 3.63) is 41.6 Å². The van der Waals surface area contributed by atoms with Crippen molar-refractivity contribution in [2.24, 2.45) is 5.73 Å². The van der Waals surface area contributed by atoms with E-state index in [1.165, 1.54) is 0 Å². The van der Waals surface area contributed by atoms with Gasteiger partial charge in [0.05, 0.1) is 0 Å². The van der Waals surface area contributed by atoms with Crippen molar-refractivity contribution in [3.63, 3.8) is 0 Å². The van der Waals surface area contributed by atoms with Crippen molar-refractivity contribution in [2.75, 3.05) is 43.4 Å². The monoisotopic (exact) mass is 409 g/mol. The van der Waals surface area contributed by atoms with E-state index < -0.39 is 0 Å². The van der Waals surface area contributed by atoms with E-state index in [0.717, 1.165) is 43.0 Å². The summed E-state index contributed by atoms with van der Waals surface area (Å²) in [5, 5.41) is 9.65. The van der Waals surface area contributed by atoms with Gasteiger partial charge in [-0.15, -0.1) is 0 Å². The number of carbonyl (C=O) groups excluding carboxylic acids is 2. The molecule has 0 spiro atoms. The minimum atomic E-state index is -0.353. The molecule has 5 N–H and O–H groups in total. The molecular formula is C21H27N7O2. The van der Waals surface area contributed by atoms with Crippen LogP contribution in [-0.4, -0.2) is 59.4 Å². The third kappa shape index (κ3) is 5.04. The van der Waals surface area contributed by atoms with Gasteiger partial charge in [-0.3, -0.25) is 9.59 Å². The molecule has 9 heteroatoms. The van der Waals surface area contributed by atoms with Crippen LogP contribution in [0, 0.1) is 0 Å². The molecule has 1 aromatic carbocycles. The first-order valence-corrected chi connectivity index (χ1v) is 10.4. The molecule has 158 valence electrons. The van der Waals surface area contributed by atoms with Gasteiger partial charge in [0.15, 0.2) is 0 Å². The lowest BCUT2D eigenvalue weighted by molar-refractivity contribution is -0.117. The van der Waals surface area contributed by atoms with Crippen LogP contribution in [0.15, 0.2) is 30.5 Å². The lowest BCUT2D eigenvalue weighted by Crippen LogP contribution is -2.46. The molecule has 1 aromatic heterocycles. The highest BCUT2D eigenvalue weighted by molar-refractivity contribution is 5.95. The standard InChI is InChI=1S/C21H27N7O2/c22-18(29)6-7-24-19-17(14-4-5-14)13-25-21(27-19)26-16-3-1-2-15(12-16)20(30)28-10-8-23-9-11-28/h1-3,12-14,23H,4-11H2,(H2,22,29)(H2,24,25,26,27). The minimum Gasteiger partial charge on any atom is -0.370 e. The van der Waals surface area contributed by atoms with Crippen LogP contribution in [0.1, 0.15) is 41.1 Å².